The third kappa shape index (κ3) is 3.79. The summed E-state index contributed by atoms with van der Waals surface area (Å²) in [6, 6.07) is 32.3. The maximum Gasteiger partial charge on any atom is 0.103 e. The largest absolute Gasteiger partial charge is 0.253 e. The van der Waals surface area contributed by atoms with Crippen molar-refractivity contribution in [1.29, 1.82) is 0 Å². The molecule has 0 saturated carbocycles. The Morgan fingerprint density at radius 1 is 0.500 bits per heavy atom. The average Bonchev–Trinajstić information content (AvgIpc) is 2.84. The van der Waals surface area contributed by atoms with Crippen LogP contribution < -0.4 is 0 Å². The molecule has 5 aromatic rings. The van der Waals surface area contributed by atoms with Gasteiger partial charge in [-0.05, 0) is 38.1 Å². The minimum atomic E-state index is 0.854. The Balaban J connectivity index is 1.65. The highest BCUT2D eigenvalue weighted by molar-refractivity contribution is 6.18. The molecule has 0 aliphatic carbocycles. The van der Waals surface area contributed by atoms with Crippen LogP contribution in [-0.2, 0) is 0 Å². The summed E-state index contributed by atoms with van der Waals surface area (Å²) in [5.74, 6) is 0. The molecule has 1 heterocycles. The fourth-order valence-electron chi connectivity index (χ4n) is 3.93. The van der Waals surface area contributed by atoms with Gasteiger partial charge in [0.05, 0.1) is 11.4 Å². The normalized spacial score (nSPS) is 12.4. The van der Waals surface area contributed by atoms with Gasteiger partial charge in [-0.25, -0.2) is 0 Å². The number of rotatable bonds is 4. The summed E-state index contributed by atoms with van der Waals surface area (Å²) in [7, 11) is 0. The summed E-state index contributed by atoms with van der Waals surface area (Å²) >= 11 is 0. The number of hydrogen-bond donors (Lipinski definition) is 0. The molecule has 0 fully saturated rings. The number of benzene rings is 4. The van der Waals surface area contributed by atoms with E-state index in [1.165, 1.54) is 0 Å². The van der Waals surface area contributed by atoms with E-state index < -0.39 is 0 Å². The average molecular weight is 415 g/mol. The fraction of sp³-hybridized carbons (Fsp3) is 0.0714. The lowest BCUT2D eigenvalue weighted by molar-refractivity contribution is 1.12. The molecule has 154 valence electrons. The third-order valence-electron chi connectivity index (χ3n) is 5.50. The quantitative estimate of drug-likeness (QED) is 0.233. The molecular weight excluding hydrogens is 392 g/mol. The van der Waals surface area contributed by atoms with Gasteiger partial charge in [0.25, 0.3) is 0 Å². The van der Waals surface area contributed by atoms with Crippen LogP contribution in [0.1, 0.15) is 25.0 Å². The van der Waals surface area contributed by atoms with E-state index in [1.807, 2.05) is 74.5 Å². The van der Waals surface area contributed by atoms with E-state index in [-0.39, 0.29) is 0 Å². The van der Waals surface area contributed by atoms with Crippen LogP contribution in [-0.4, -0.2) is 21.6 Å². The number of nitrogens with zero attached hydrogens (tertiary/aromatic N) is 4. The lowest BCUT2D eigenvalue weighted by Crippen LogP contribution is -2.02. The zero-order valence-electron chi connectivity index (χ0n) is 18.0. The number of fused-ring (bicyclic) bond motifs is 3. The molecule has 0 aliphatic rings. The van der Waals surface area contributed by atoms with Gasteiger partial charge in [0.15, 0.2) is 0 Å². The van der Waals surface area contributed by atoms with Crippen molar-refractivity contribution in [2.75, 3.05) is 0 Å². The lowest BCUT2D eigenvalue weighted by atomic mass is 10.0. The van der Waals surface area contributed by atoms with Gasteiger partial charge in [0, 0.05) is 33.3 Å². The van der Waals surface area contributed by atoms with Gasteiger partial charge >= 0.3 is 0 Å². The van der Waals surface area contributed by atoms with Gasteiger partial charge in [0.2, 0.25) is 0 Å². The predicted octanol–water partition coefficient (Wildman–Crippen LogP) is 7.06. The van der Waals surface area contributed by atoms with Gasteiger partial charge in [-0.15, -0.1) is 10.2 Å². The summed E-state index contributed by atoms with van der Waals surface area (Å²) in [6.07, 6.45) is 0. The minimum absolute atomic E-state index is 0.854. The molecule has 0 radical (unpaired) electrons. The van der Waals surface area contributed by atoms with Crippen LogP contribution in [0.3, 0.4) is 0 Å². The van der Waals surface area contributed by atoms with E-state index in [0.29, 0.717) is 0 Å². The van der Waals surface area contributed by atoms with E-state index in [1.54, 1.807) is 0 Å². The molecule has 32 heavy (non-hydrogen) atoms. The summed E-state index contributed by atoms with van der Waals surface area (Å²) in [5.41, 5.74) is 7.35. The number of para-hydroxylation sites is 2. The zero-order chi connectivity index (χ0) is 21.9. The second kappa shape index (κ2) is 8.52. The van der Waals surface area contributed by atoms with E-state index in [0.717, 1.165) is 55.7 Å². The van der Waals surface area contributed by atoms with E-state index >= 15 is 0 Å². The highest BCUT2D eigenvalue weighted by Gasteiger charge is 2.13. The molecule has 0 spiro atoms. The number of aliphatic imine (C=N–C) groups is 2. The van der Waals surface area contributed by atoms with Gasteiger partial charge in [-0.2, -0.15) is 0 Å². The van der Waals surface area contributed by atoms with Crippen molar-refractivity contribution in [1.82, 2.24) is 10.2 Å². The van der Waals surface area contributed by atoms with Crippen molar-refractivity contribution in [3.8, 4) is 0 Å². The molecule has 5 rings (SSSR count). The Hall–Kier alpha value is -4.18. The van der Waals surface area contributed by atoms with Gasteiger partial charge in [0.1, 0.15) is 11.0 Å². The maximum atomic E-state index is 4.78. The summed E-state index contributed by atoms with van der Waals surface area (Å²) in [6.45, 7) is 4.03. The van der Waals surface area contributed by atoms with Crippen molar-refractivity contribution in [3.63, 3.8) is 0 Å². The van der Waals surface area contributed by atoms with Crippen LogP contribution >= 0.6 is 0 Å². The summed E-state index contributed by atoms with van der Waals surface area (Å²) in [4.78, 5) is 9.56. The van der Waals surface area contributed by atoms with Crippen molar-refractivity contribution in [2.24, 2.45) is 9.98 Å². The monoisotopic (exact) mass is 414 g/mol. The molecule has 0 amide bonds. The standard InChI is InChI=1S/C28H22N4/c1-19(29-21-11-5-3-6-12-21)23-15-9-17-25-26-18-10-16-24(28(26)32-31-27(23)25)20(2)30-22-13-7-4-8-14-22/h3-18H,1-2H3. The second-order valence-electron chi connectivity index (χ2n) is 7.67. The molecule has 4 aromatic carbocycles. The first kappa shape index (κ1) is 19.8. The molecule has 4 nitrogen and oxygen atoms in total. The molecule has 0 unspecified atom stereocenters. The Bertz CT molecular complexity index is 1360. The summed E-state index contributed by atoms with van der Waals surface area (Å²) in [5, 5.41) is 11.4. The topological polar surface area (TPSA) is 50.5 Å². The number of hydrogen-bond acceptors (Lipinski definition) is 4. The highest BCUT2D eigenvalue weighted by Crippen LogP contribution is 2.28. The van der Waals surface area contributed by atoms with Gasteiger partial charge in [-0.1, -0.05) is 72.8 Å². The molecule has 4 heteroatoms. The Morgan fingerprint density at radius 3 is 1.31 bits per heavy atom. The third-order valence-corrected chi connectivity index (χ3v) is 5.50. The molecule has 1 aromatic heterocycles. The van der Waals surface area contributed by atoms with E-state index in [9.17, 15) is 0 Å². The second-order valence-corrected chi connectivity index (χ2v) is 7.67. The van der Waals surface area contributed by atoms with Crippen molar-refractivity contribution < 1.29 is 0 Å². The zero-order valence-corrected chi connectivity index (χ0v) is 18.0. The van der Waals surface area contributed by atoms with Crippen LogP contribution in [0.15, 0.2) is 107 Å². The fourth-order valence-corrected chi connectivity index (χ4v) is 3.93. The van der Waals surface area contributed by atoms with E-state index in [4.69, 9.17) is 9.98 Å². The molecule has 0 N–H and O–H groups in total. The van der Waals surface area contributed by atoms with Crippen LogP contribution in [0.25, 0.3) is 21.8 Å². The Kier molecular flexibility index (Phi) is 5.26. The Labute approximate surface area is 187 Å². The summed E-state index contributed by atoms with van der Waals surface area (Å²) < 4.78 is 0. The predicted molar refractivity (Wildman–Crippen MR) is 134 cm³/mol. The molecule has 0 atom stereocenters. The highest BCUT2D eigenvalue weighted by atomic mass is 15.1. The van der Waals surface area contributed by atoms with Gasteiger partial charge in [-0.3, -0.25) is 9.98 Å². The SMILES string of the molecule is CC(=Nc1ccccc1)c1cccc2c1nnc1c(C(C)=Nc3ccccc3)cccc12. The van der Waals surface area contributed by atoms with Crippen LogP contribution in [0.2, 0.25) is 0 Å². The van der Waals surface area contributed by atoms with Crippen molar-refractivity contribution in [3.05, 3.63) is 108 Å². The first-order valence-corrected chi connectivity index (χ1v) is 10.6. The lowest BCUT2D eigenvalue weighted by Gasteiger charge is -2.10. The van der Waals surface area contributed by atoms with Crippen LogP contribution in [0, 0.1) is 0 Å². The first-order chi connectivity index (χ1) is 15.7. The van der Waals surface area contributed by atoms with Crippen molar-refractivity contribution >= 4 is 44.6 Å². The first-order valence-electron chi connectivity index (χ1n) is 10.6. The smallest absolute Gasteiger partial charge is 0.103 e. The van der Waals surface area contributed by atoms with Crippen molar-refractivity contribution in [2.45, 2.75) is 13.8 Å². The molecular formula is C28H22N4. The molecule has 0 bridgehead atoms. The molecule has 0 saturated heterocycles. The number of aromatic nitrogens is 2. The molecule has 0 aliphatic heterocycles. The van der Waals surface area contributed by atoms with E-state index in [2.05, 4.69) is 46.6 Å². The maximum absolute atomic E-state index is 4.78. The van der Waals surface area contributed by atoms with Gasteiger partial charge < -0.3 is 0 Å². The Morgan fingerprint density at radius 2 is 0.906 bits per heavy atom. The van der Waals surface area contributed by atoms with Crippen LogP contribution in [0.5, 0.6) is 0 Å². The minimum Gasteiger partial charge on any atom is -0.253 e. The van der Waals surface area contributed by atoms with Crippen LogP contribution in [0.4, 0.5) is 11.4 Å².